The second-order valence-corrected chi connectivity index (χ2v) is 6.78. The molecule has 1 aliphatic rings. The van der Waals surface area contributed by atoms with Gasteiger partial charge in [-0.25, -0.2) is 0 Å². The number of aromatic nitrogens is 3. The normalized spacial score (nSPS) is 18.7. The predicted octanol–water partition coefficient (Wildman–Crippen LogP) is 3.32. The van der Waals surface area contributed by atoms with Gasteiger partial charge < -0.3 is 9.42 Å². The van der Waals surface area contributed by atoms with Gasteiger partial charge in [0.1, 0.15) is 5.76 Å². The second kappa shape index (κ2) is 6.79. The molecule has 0 aromatic carbocycles. The van der Waals surface area contributed by atoms with Gasteiger partial charge in [-0.05, 0) is 40.5 Å². The van der Waals surface area contributed by atoms with E-state index < -0.39 is 0 Å². The van der Waals surface area contributed by atoms with Crippen molar-refractivity contribution in [2.24, 2.45) is 0 Å². The van der Waals surface area contributed by atoms with E-state index >= 15 is 0 Å². The molecule has 0 saturated carbocycles. The molecule has 1 aliphatic heterocycles. The highest BCUT2D eigenvalue weighted by molar-refractivity contribution is 5.79. The third-order valence-electron chi connectivity index (χ3n) is 5.10. The van der Waals surface area contributed by atoms with Gasteiger partial charge in [-0.3, -0.25) is 9.89 Å². The van der Waals surface area contributed by atoms with Crippen LogP contribution in [0.25, 0.3) is 0 Å². The highest BCUT2D eigenvalue weighted by Gasteiger charge is 2.30. The lowest BCUT2D eigenvalue weighted by atomic mass is 9.98. The first-order valence-corrected chi connectivity index (χ1v) is 8.71. The molecule has 1 unspecified atom stereocenters. The minimum Gasteiger partial charge on any atom is -0.361 e. The van der Waals surface area contributed by atoms with Crippen molar-refractivity contribution < 1.29 is 9.32 Å². The topological polar surface area (TPSA) is 75.0 Å². The van der Waals surface area contributed by atoms with E-state index in [1.807, 2.05) is 32.6 Å². The molecule has 24 heavy (non-hydrogen) atoms. The van der Waals surface area contributed by atoms with Crippen LogP contribution in [0.3, 0.4) is 0 Å². The van der Waals surface area contributed by atoms with Crippen LogP contribution in [0.5, 0.6) is 0 Å². The average molecular weight is 330 g/mol. The van der Waals surface area contributed by atoms with Crippen LogP contribution in [-0.4, -0.2) is 32.7 Å². The van der Waals surface area contributed by atoms with E-state index in [9.17, 15) is 4.79 Å². The molecule has 1 atom stereocenters. The van der Waals surface area contributed by atoms with E-state index in [4.69, 9.17) is 4.52 Å². The largest absolute Gasteiger partial charge is 0.361 e. The Morgan fingerprint density at radius 1 is 1.21 bits per heavy atom. The van der Waals surface area contributed by atoms with Gasteiger partial charge in [0.05, 0.1) is 23.9 Å². The number of aromatic amines is 1. The summed E-state index contributed by atoms with van der Waals surface area (Å²) in [4.78, 5) is 15.1. The van der Waals surface area contributed by atoms with Crippen molar-refractivity contribution in [2.45, 2.75) is 65.8 Å². The van der Waals surface area contributed by atoms with Gasteiger partial charge in [-0.1, -0.05) is 18.0 Å². The molecule has 3 rings (SSSR count). The quantitative estimate of drug-likeness (QED) is 0.937. The minimum absolute atomic E-state index is 0.110. The Balaban J connectivity index is 1.89. The summed E-state index contributed by atoms with van der Waals surface area (Å²) in [5.41, 5.74) is 4.97. The zero-order valence-corrected chi connectivity index (χ0v) is 15.0. The molecule has 6 nitrogen and oxygen atoms in total. The van der Waals surface area contributed by atoms with Crippen LogP contribution >= 0.6 is 0 Å². The first-order valence-electron chi connectivity index (χ1n) is 8.71. The van der Waals surface area contributed by atoms with Gasteiger partial charge in [-0.2, -0.15) is 5.10 Å². The maximum absolute atomic E-state index is 13.1. The summed E-state index contributed by atoms with van der Waals surface area (Å²) in [6, 6.07) is 0.110. The Labute approximate surface area is 142 Å². The van der Waals surface area contributed by atoms with E-state index in [2.05, 4.69) is 15.4 Å². The molecule has 3 heterocycles. The van der Waals surface area contributed by atoms with Crippen LogP contribution in [0.2, 0.25) is 0 Å². The maximum atomic E-state index is 13.1. The van der Waals surface area contributed by atoms with Crippen molar-refractivity contribution in [3.05, 3.63) is 34.0 Å². The van der Waals surface area contributed by atoms with Gasteiger partial charge in [0.2, 0.25) is 5.91 Å². The Morgan fingerprint density at radius 3 is 2.62 bits per heavy atom. The zero-order chi connectivity index (χ0) is 17.3. The Kier molecular flexibility index (Phi) is 4.73. The molecule has 1 N–H and O–H groups in total. The van der Waals surface area contributed by atoms with Crippen molar-refractivity contribution in [3.8, 4) is 0 Å². The summed E-state index contributed by atoms with van der Waals surface area (Å²) < 4.78 is 5.21. The fourth-order valence-corrected chi connectivity index (χ4v) is 3.76. The number of nitrogens with zero attached hydrogens (tertiary/aromatic N) is 3. The third kappa shape index (κ3) is 3.09. The lowest BCUT2D eigenvalue weighted by Crippen LogP contribution is -2.36. The smallest absolute Gasteiger partial charge is 0.227 e. The van der Waals surface area contributed by atoms with Gasteiger partial charge in [0, 0.05) is 23.4 Å². The summed E-state index contributed by atoms with van der Waals surface area (Å²) in [6.45, 7) is 8.62. The molecule has 1 saturated heterocycles. The summed E-state index contributed by atoms with van der Waals surface area (Å²) >= 11 is 0. The molecule has 0 bridgehead atoms. The number of rotatable bonds is 3. The highest BCUT2D eigenvalue weighted by atomic mass is 16.5. The SMILES string of the molecule is Cc1noc(C)c1CC(=O)N1CCCCCC1c1c(C)n[nH]c1C. The summed E-state index contributed by atoms with van der Waals surface area (Å²) in [5.74, 6) is 0.888. The molecule has 1 amide bonds. The number of amides is 1. The molecule has 130 valence electrons. The van der Waals surface area contributed by atoms with Crippen LogP contribution in [-0.2, 0) is 11.2 Å². The van der Waals surface area contributed by atoms with Crippen LogP contribution in [0.4, 0.5) is 0 Å². The lowest BCUT2D eigenvalue weighted by molar-refractivity contribution is -0.133. The Bertz CT molecular complexity index is 692. The number of carbonyl (C=O) groups is 1. The molecule has 0 aliphatic carbocycles. The summed E-state index contributed by atoms with van der Waals surface area (Å²) in [7, 11) is 0. The third-order valence-corrected chi connectivity index (χ3v) is 5.10. The molecule has 6 heteroatoms. The van der Waals surface area contributed by atoms with Crippen LogP contribution in [0, 0.1) is 27.7 Å². The second-order valence-electron chi connectivity index (χ2n) is 6.78. The van der Waals surface area contributed by atoms with Crippen LogP contribution < -0.4 is 0 Å². The standard InChI is InChI=1S/C18H26N4O2/c1-11-15(14(4)24-21-11)10-17(23)22-9-7-5-6-8-16(22)18-12(2)19-20-13(18)3/h16H,5-10H2,1-4H3,(H,19,20). The Hall–Kier alpha value is -2.11. The number of aryl methyl sites for hydroxylation is 4. The molecule has 2 aromatic heterocycles. The number of likely N-dealkylation sites (tertiary alicyclic amines) is 1. The molecule has 1 fully saturated rings. The van der Waals surface area contributed by atoms with Crippen LogP contribution in [0.15, 0.2) is 4.52 Å². The van der Waals surface area contributed by atoms with Crippen molar-refractivity contribution >= 4 is 5.91 Å². The van der Waals surface area contributed by atoms with Crippen molar-refractivity contribution in [1.29, 1.82) is 0 Å². The number of nitrogens with one attached hydrogen (secondary N) is 1. The number of carbonyl (C=O) groups excluding carboxylic acids is 1. The van der Waals surface area contributed by atoms with E-state index in [1.165, 1.54) is 12.0 Å². The number of hydrogen-bond donors (Lipinski definition) is 1. The first kappa shape index (κ1) is 16.7. The van der Waals surface area contributed by atoms with Crippen LogP contribution in [0.1, 0.15) is 65.7 Å². The molecule has 0 radical (unpaired) electrons. The lowest BCUT2D eigenvalue weighted by Gasteiger charge is -2.30. The van der Waals surface area contributed by atoms with E-state index in [-0.39, 0.29) is 11.9 Å². The van der Waals surface area contributed by atoms with Crippen molar-refractivity contribution in [2.75, 3.05) is 6.54 Å². The van der Waals surface area contributed by atoms with E-state index in [1.54, 1.807) is 0 Å². The molecular formula is C18H26N4O2. The number of H-pyrrole nitrogens is 1. The van der Waals surface area contributed by atoms with E-state index in [0.717, 1.165) is 54.2 Å². The van der Waals surface area contributed by atoms with Crippen molar-refractivity contribution in [1.82, 2.24) is 20.3 Å². The fourth-order valence-electron chi connectivity index (χ4n) is 3.76. The zero-order valence-electron chi connectivity index (χ0n) is 15.0. The number of hydrogen-bond acceptors (Lipinski definition) is 4. The first-order chi connectivity index (χ1) is 11.5. The summed E-state index contributed by atoms with van der Waals surface area (Å²) in [5, 5.41) is 11.4. The Morgan fingerprint density at radius 2 is 2.00 bits per heavy atom. The van der Waals surface area contributed by atoms with E-state index in [0.29, 0.717) is 6.42 Å². The predicted molar refractivity (Wildman–Crippen MR) is 90.7 cm³/mol. The fraction of sp³-hybridized carbons (Fsp3) is 0.611. The maximum Gasteiger partial charge on any atom is 0.227 e. The van der Waals surface area contributed by atoms with Crippen molar-refractivity contribution in [3.63, 3.8) is 0 Å². The summed E-state index contributed by atoms with van der Waals surface area (Å²) in [6.07, 6.45) is 4.72. The van der Waals surface area contributed by atoms with Gasteiger partial charge in [0.25, 0.3) is 0 Å². The molecular weight excluding hydrogens is 304 g/mol. The average Bonchev–Trinajstić information content (AvgIpc) is 2.94. The highest BCUT2D eigenvalue weighted by Crippen LogP contribution is 2.33. The minimum atomic E-state index is 0.110. The van der Waals surface area contributed by atoms with Gasteiger partial charge in [-0.15, -0.1) is 0 Å². The van der Waals surface area contributed by atoms with Gasteiger partial charge >= 0.3 is 0 Å². The van der Waals surface area contributed by atoms with Gasteiger partial charge in [0.15, 0.2) is 0 Å². The molecule has 0 spiro atoms. The monoisotopic (exact) mass is 330 g/mol. The molecule has 2 aromatic rings.